The van der Waals surface area contributed by atoms with Gasteiger partial charge in [-0.3, -0.25) is 8.42 Å². The largest absolute Gasteiger partial charge is 4.00 e. The Labute approximate surface area is 101 Å². The van der Waals surface area contributed by atoms with Crippen molar-refractivity contribution in [3.63, 3.8) is 0 Å². The van der Waals surface area contributed by atoms with E-state index in [-0.39, 0.29) is 74.3 Å². The second-order valence-electron chi connectivity index (χ2n) is 0.408. The van der Waals surface area contributed by atoms with Crippen LogP contribution < -0.4 is 0 Å². The van der Waals surface area contributed by atoms with Crippen molar-refractivity contribution in [2.24, 2.45) is 0 Å². The van der Waals surface area contributed by atoms with Crippen molar-refractivity contribution in [3.8, 4) is 0 Å². The van der Waals surface area contributed by atoms with Crippen molar-refractivity contribution < 1.29 is 91.8 Å². The summed E-state index contributed by atoms with van der Waals surface area (Å²) in [6, 6.07) is 0. The smallest absolute Gasteiger partial charge is 0.759 e. The molecule has 0 heterocycles. The van der Waals surface area contributed by atoms with Gasteiger partial charge in [-0.2, -0.15) is 0 Å². The van der Waals surface area contributed by atoms with E-state index in [9.17, 15) is 0 Å². The third-order valence-electron chi connectivity index (χ3n) is 0. The molecule has 0 rings (SSSR count). The average Bonchev–Trinajstić information content (AvgIpc) is 0.722. The molecular weight excluding hydrogens is 343 g/mol. The molecule has 0 atom stereocenters. The summed E-state index contributed by atoms with van der Waals surface area (Å²) in [6.45, 7) is 0. The molecule has 8 N–H and O–H groups in total. The Kier molecular flexibility index (Phi) is 112. The van der Waals surface area contributed by atoms with Gasteiger partial charge in [0.2, 0.25) is 0 Å². The summed E-state index contributed by atoms with van der Waals surface area (Å²) in [7, 11) is -5.17. The summed E-state index contributed by atoms with van der Waals surface area (Å²) >= 11 is 0. The van der Waals surface area contributed by atoms with E-state index in [2.05, 4.69) is 0 Å². The molecule has 0 aliphatic rings. The van der Waals surface area contributed by atoms with Crippen LogP contribution in [-0.4, -0.2) is 39.4 Å². The van der Waals surface area contributed by atoms with Gasteiger partial charge in [-0.05, 0) is 0 Å². The zero-order chi connectivity index (χ0) is 4.50. The van der Waals surface area contributed by atoms with E-state index in [1.165, 1.54) is 0 Å². The van der Waals surface area contributed by atoms with Crippen molar-refractivity contribution in [1.29, 1.82) is 0 Å². The molecule has 0 aliphatic carbocycles. The molecule has 8 nitrogen and oxygen atoms in total. The Morgan fingerprint density at radius 3 is 0.727 bits per heavy atom. The summed E-state index contributed by atoms with van der Waals surface area (Å²) in [4.78, 5) is 0. The molecule has 0 aromatic rings. The molecular formula is H8O8SZr2+6. The maximum Gasteiger partial charge on any atom is 4.00 e. The monoisotopic (exact) mass is 348 g/mol. The second kappa shape index (κ2) is 22.5. The van der Waals surface area contributed by atoms with Crippen LogP contribution in [0.25, 0.3) is 0 Å². The van der Waals surface area contributed by atoms with Crippen molar-refractivity contribution in [2.45, 2.75) is 0 Å². The van der Waals surface area contributed by atoms with Crippen molar-refractivity contribution >= 4 is 10.4 Å². The quantitative estimate of drug-likeness (QED) is 0.311. The Morgan fingerprint density at radius 1 is 0.727 bits per heavy atom. The fourth-order valence-electron chi connectivity index (χ4n) is 0. The molecule has 64 valence electrons. The maximum atomic E-state index is 8.52. The van der Waals surface area contributed by atoms with Crippen molar-refractivity contribution in [3.05, 3.63) is 0 Å². The summed E-state index contributed by atoms with van der Waals surface area (Å²) in [5.74, 6) is 0. The van der Waals surface area contributed by atoms with Gasteiger partial charge in [0.05, 0.1) is 0 Å². The van der Waals surface area contributed by atoms with Crippen LogP contribution in [0.5, 0.6) is 0 Å². The SMILES string of the molecule is O.O.O.O.O=S(=O)([O-])[O-].[Zr+4].[Zr+4]. The minimum Gasteiger partial charge on any atom is -0.759 e. The molecule has 0 saturated heterocycles. The van der Waals surface area contributed by atoms with Gasteiger partial charge in [0.1, 0.15) is 0 Å². The van der Waals surface area contributed by atoms with Gasteiger partial charge in [0, 0.05) is 10.4 Å². The standard InChI is InChI=1S/H2O4S.4H2O.2Zr/c1-5(2,3)4;;;;;;/h(H2,1,2,3,4);4*1H2;;/q;;;;;2*+4/p-2. The molecule has 11 heteroatoms. The third-order valence-corrected chi connectivity index (χ3v) is 0. The molecule has 0 amide bonds. The summed E-state index contributed by atoms with van der Waals surface area (Å²) in [5.41, 5.74) is 0. The first kappa shape index (κ1) is 54.8. The maximum absolute atomic E-state index is 8.52. The van der Waals surface area contributed by atoms with Gasteiger partial charge in [-0.15, -0.1) is 0 Å². The molecule has 0 aromatic carbocycles. The van der Waals surface area contributed by atoms with E-state index in [0.29, 0.717) is 0 Å². The van der Waals surface area contributed by atoms with E-state index < -0.39 is 10.4 Å². The van der Waals surface area contributed by atoms with E-state index in [0.717, 1.165) is 0 Å². The van der Waals surface area contributed by atoms with E-state index in [1.807, 2.05) is 0 Å². The fraction of sp³-hybridized carbons (Fsp3) is 0. The zero-order valence-corrected chi connectivity index (χ0v) is 10.8. The van der Waals surface area contributed by atoms with Crippen LogP contribution in [0.4, 0.5) is 0 Å². The van der Waals surface area contributed by atoms with Crippen LogP contribution in [-0.2, 0) is 62.8 Å². The summed E-state index contributed by atoms with van der Waals surface area (Å²) in [5, 5.41) is 0. The Morgan fingerprint density at radius 2 is 0.727 bits per heavy atom. The molecule has 0 radical (unpaired) electrons. The van der Waals surface area contributed by atoms with Crippen LogP contribution in [0.3, 0.4) is 0 Å². The fourth-order valence-corrected chi connectivity index (χ4v) is 0. The van der Waals surface area contributed by atoms with Crippen LogP contribution in [0.15, 0.2) is 0 Å². The van der Waals surface area contributed by atoms with Crippen molar-refractivity contribution in [2.75, 3.05) is 0 Å². The van der Waals surface area contributed by atoms with Crippen LogP contribution in [0.2, 0.25) is 0 Å². The first-order chi connectivity index (χ1) is 2.00. The van der Waals surface area contributed by atoms with E-state index in [1.54, 1.807) is 0 Å². The normalized spacial score (nSPS) is 5.27. The Hall–Kier alpha value is 1.48. The predicted molar refractivity (Wildman–Crippen MR) is 24.9 cm³/mol. The molecule has 11 heavy (non-hydrogen) atoms. The van der Waals surface area contributed by atoms with Gasteiger partial charge in [0.15, 0.2) is 0 Å². The molecule has 0 spiro atoms. The van der Waals surface area contributed by atoms with Gasteiger partial charge < -0.3 is 31.0 Å². The van der Waals surface area contributed by atoms with Crippen LogP contribution >= 0.6 is 0 Å². The molecule has 0 aliphatic heterocycles. The topological polar surface area (TPSA) is 206 Å². The predicted octanol–water partition coefficient (Wildman–Crippen LogP) is -4.64. The third kappa shape index (κ3) is 473. The van der Waals surface area contributed by atoms with Gasteiger partial charge in [-0.1, -0.05) is 0 Å². The molecule has 0 bridgehead atoms. The minimum absolute atomic E-state index is 0. The average molecular weight is 351 g/mol. The Balaban J connectivity index is -0.00000000533. The Bertz CT molecular complexity index is 95.3. The summed E-state index contributed by atoms with van der Waals surface area (Å²) in [6.07, 6.45) is 0. The molecule has 0 fully saturated rings. The molecule has 0 aromatic heterocycles. The second-order valence-corrected chi connectivity index (χ2v) is 1.22. The first-order valence-corrected chi connectivity index (χ1v) is 2.00. The number of hydrogen-bond acceptors (Lipinski definition) is 4. The molecule has 0 saturated carbocycles. The van der Waals surface area contributed by atoms with Crippen LogP contribution in [0, 0.1) is 0 Å². The van der Waals surface area contributed by atoms with Crippen LogP contribution in [0.1, 0.15) is 0 Å². The van der Waals surface area contributed by atoms with Gasteiger partial charge >= 0.3 is 52.4 Å². The number of rotatable bonds is 0. The molecule has 0 unspecified atom stereocenters. The first-order valence-electron chi connectivity index (χ1n) is 0.667. The van der Waals surface area contributed by atoms with Crippen molar-refractivity contribution in [1.82, 2.24) is 0 Å². The minimum atomic E-state index is -5.17. The van der Waals surface area contributed by atoms with E-state index in [4.69, 9.17) is 17.5 Å². The van der Waals surface area contributed by atoms with Gasteiger partial charge in [0.25, 0.3) is 0 Å². The van der Waals surface area contributed by atoms with E-state index >= 15 is 0 Å². The zero-order valence-electron chi connectivity index (χ0n) is 5.04. The summed E-state index contributed by atoms with van der Waals surface area (Å²) < 4.78 is 34.1. The van der Waals surface area contributed by atoms with Gasteiger partial charge in [-0.25, -0.2) is 0 Å². The number of hydrogen-bond donors (Lipinski definition) is 0.